The second kappa shape index (κ2) is 4.94. The fraction of sp³-hybridized carbons (Fsp3) is 0.0667. The average molecular weight is 285 g/mol. The van der Waals surface area contributed by atoms with Gasteiger partial charge in [-0.25, -0.2) is 0 Å². The van der Waals surface area contributed by atoms with Crippen molar-refractivity contribution in [2.75, 3.05) is 12.4 Å². The minimum absolute atomic E-state index is 0.158. The van der Waals surface area contributed by atoms with Crippen LogP contribution in [0, 0.1) is 0 Å². The van der Waals surface area contributed by atoms with Crippen LogP contribution < -0.4 is 10.1 Å². The van der Waals surface area contributed by atoms with E-state index in [4.69, 9.17) is 4.74 Å². The van der Waals surface area contributed by atoms with Crippen LogP contribution in [0.4, 0.5) is 5.69 Å². The topological polar surface area (TPSA) is 55.4 Å². The van der Waals surface area contributed by atoms with Crippen molar-refractivity contribution in [2.45, 2.75) is 0 Å². The van der Waals surface area contributed by atoms with Gasteiger partial charge in [0.05, 0.1) is 18.4 Å². The van der Waals surface area contributed by atoms with Crippen LogP contribution in [0.1, 0.15) is 15.2 Å². The Bertz CT molecular complexity index is 717. The summed E-state index contributed by atoms with van der Waals surface area (Å²) >= 11 is 1.48. The van der Waals surface area contributed by atoms with E-state index < -0.39 is 0 Å². The molecule has 0 fully saturated rings. The first-order valence-corrected chi connectivity index (χ1v) is 6.86. The summed E-state index contributed by atoms with van der Waals surface area (Å²) in [4.78, 5) is 25.3. The zero-order chi connectivity index (χ0) is 14.1. The Morgan fingerprint density at radius 2 is 2.10 bits per heavy atom. The van der Waals surface area contributed by atoms with Crippen LogP contribution in [0.2, 0.25) is 0 Å². The second-order valence-corrected chi connectivity index (χ2v) is 5.25. The maximum atomic E-state index is 12.4. The van der Waals surface area contributed by atoms with E-state index in [1.807, 2.05) is 17.5 Å². The lowest BCUT2D eigenvalue weighted by molar-refractivity contribution is -0.112. The van der Waals surface area contributed by atoms with E-state index in [0.29, 0.717) is 17.0 Å². The summed E-state index contributed by atoms with van der Waals surface area (Å²) in [6.07, 6.45) is 1.62. The molecule has 1 N–H and O–H groups in total. The number of thiophene rings is 1. The monoisotopic (exact) mass is 285 g/mol. The molecule has 0 spiro atoms. The molecular formula is C15H11NO3S. The van der Waals surface area contributed by atoms with Gasteiger partial charge in [0.15, 0.2) is 0 Å². The quantitative estimate of drug-likeness (QED) is 0.681. The van der Waals surface area contributed by atoms with Crippen molar-refractivity contribution in [3.05, 3.63) is 51.7 Å². The Hall–Kier alpha value is -2.40. The first kappa shape index (κ1) is 12.6. The summed E-state index contributed by atoms with van der Waals surface area (Å²) in [5.74, 6) is -0.0495. The molecule has 5 heteroatoms. The molecule has 0 unspecified atom stereocenters. The smallest absolute Gasteiger partial charge is 0.259 e. The zero-order valence-corrected chi connectivity index (χ0v) is 11.5. The lowest BCUT2D eigenvalue weighted by Gasteiger charge is -2.18. The van der Waals surface area contributed by atoms with Gasteiger partial charge in [0.1, 0.15) is 5.75 Å². The Balaban J connectivity index is 2.05. The molecule has 3 rings (SSSR count). The number of hydrogen-bond donors (Lipinski definition) is 1. The predicted molar refractivity (Wildman–Crippen MR) is 78.3 cm³/mol. The van der Waals surface area contributed by atoms with Gasteiger partial charge >= 0.3 is 0 Å². The predicted octanol–water partition coefficient (Wildman–Crippen LogP) is 2.98. The first-order chi connectivity index (χ1) is 9.69. The molecule has 0 saturated carbocycles. The number of rotatable bonds is 2. The summed E-state index contributed by atoms with van der Waals surface area (Å²) in [5.41, 5.74) is 1.13. The Labute approximate surface area is 119 Å². The highest BCUT2D eigenvalue weighted by atomic mass is 32.1. The molecule has 0 bridgehead atoms. The molecule has 2 aromatic rings. The summed E-state index contributed by atoms with van der Waals surface area (Å²) in [6, 6.07) is 8.76. The van der Waals surface area contributed by atoms with E-state index in [0.717, 1.165) is 4.88 Å². The summed E-state index contributed by atoms with van der Waals surface area (Å²) < 4.78 is 5.09. The molecule has 1 amide bonds. The van der Waals surface area contributed by atoms with Crippen molar-refractivity contribution in [3.8, 4) is 5.75 Å². The number of benzene rings is 1. The summed E-state index contributed by atoms with van der Waals surface area (Å²) in [5, 5.41) is 4.62. The summed E-state index contributed by atoms with van der Waals surface area (Å²) in [7, 11) is 1.54. The molecule has 0 saturated heterocycles. The number of anilines is 1. The average Bonchev–Trinajstić information content (AvgIpc) is 2.95. The zero-order valence-electron chi connectivity index (χ0n) is 10.7. The van der Waals surface area contributed by atoms with Gasteiger partial charge in [-0.3, -0.25) is 9.59 Å². The van der Waals surface area contributed by atoms with Gasteiger partial charge in [-0.1, -0.05) is 6.07 Å². The molecule has 0 atom stereocenters. The van der Waals surface area contributed by atoms with Crippen LogP contribution >= 0.6 is 11.3 Å². The van der Waals surface area contributed by atoms with Crippen LogP contribution in [-0.2, 0) is 4.79 Å². The van der Waals surface area contributed by atoms with E-state index in [9.17, 15) is 9.59 Å². The SMILES string of the molecule is COc1ccc2c(c1)NC(=O)/C(=C\c1cccs1)C2=O. The maximum absolute atomic E-state index is 12.4. The molecule has 0 radical (unpaired) electrons. The number of nitrogens with one attached hydrogen (secondary N) is 1. The first-order valence-electron chi connectivity index (χ1n) is 5.98. The molecule has 0 aliphatic carbocycles. The van der Waals surface area contributed by atoms with Gasteiger partial charge in [0, 0.05) is 16.5 Å². The highest BCUT2D eigenvalue weighted by Crippen LogP contribution is 2.30. The number of hydrogen-bond acceptors (Lipinski definition) is 4. The Morgan fingerprint density at radius 1 is 1.25 bits per heavy atom. The van der Waals surface area contributed by atoms with Gasteiger partial charge in [-0.05, 0) is 29.7 Å². The molecule has 1 aliphatic rings. The van der Waals surface area contributed by atoms with Crippen molar-refractivity contribution in [1.82, 2.24) is 0 Å². The fourth-order valence-corrected chi connectivity index (χ4v) is 2.69. The minimum atomic E-state index is -0.385. The summed E-state index contributed by atoms with van der Waals surface area (Å²) in [6.45, 7) is 0. The van der Waals surface area contributed by atoms with Crippen LogP contribution in [0.15, 0.2) is 41.3 Å². The highest BCUT2D eigenvalue weighted by molar-refractivity contribution is 7.10. The molecule has 2 heterocycles. The number of carbonyl (C=O) groups excluding carboxylic acids is 2. The molecular weight excluding hydrogens is 274 g/mol. The lowest BCUT2D eigenvalue weighted by atomic mass is 9.96. The van der Waals surface area contributed by atoms with Gasteiger partial charge in [-0.15, -0.1) is 11.3 Å². The third-order valence-electron chi connectivity index (χ3n) is 3.04. The molecule has 1 aromatic carbocycles. The van der Waals surface area contributed by atoms with Gasteiger partial charge < -0.3 is 10.1 Å². The number of ketones is 1. The number of carbonyl (C=O) groups is 2. The molecule has 100 valence electrons. The van der Waals surface area contributed by atoms with Crippen molar-refractivity contribution in [3.63, 3.8) is 0 Å². The molecule has 1 aliphatic heterocycles. The molecule has 4 nitrogen and oxygen atoms in total. The number of methoxy groups -OCH3 is 1. The standard InChI is InChI=1S/C15H11NO3S/c1-19-9-4-5-11-13(7-9)16-15(18)12(14(11)17)8-10-3-2-6-20-10/h2-8H,1H3,(H,16,18)/b12-8-. The van der Waals surface area contributed by atoms with E-state index >= 15 is 0 Å². The fourth-order valence-electron chi connectivity index (χ4n) is 2.04. The van der Waals surface area contributed by atoms with Gasteiger partial charge in [0.2, 0.25) is 5.78 Å². The number of amides is 1. The van der Waals surface area contributed by atoms with E-state index in [1.165, 1.54) is 18.4 Å². The number of ether oxygens (including phenoxy) is 1. The molecule has 1 aromatic heterocycles. The number of Topliss-reactive ketones (excluding diaryl/α,β-unsaturated/α-hetero) is 1. The molecule has 20 heavy (non-hydrogen) atoms. The normalized spacial score (nSPS) is 15.9. The Kier molecular flexibility index (Phi) is 3.12. The second-order valence-electron chi connectivity index (χ2n) is 4.27. The van der Waals surface area contributed by atoms with Crippen LogP contribution in [-0.4, -0.2) is 18.8 Å². The third kappa shape index (κ3) is 2.12. The van der Waals surface area contributed by atoms with E-state index in [1.54, 1.807) is 24.3 Å². The lowest BCUT2D eigenvalue weighted by Crippen LogP contribution is -2.27. The van der Waals surface area contributed by atoms with Gasteiger partial charge in [-0.2, -0.15) is 0 Å². The largest absolute Gasteiger partial charge is 0.497 e. The van der Waals surface area contributed by atoms with E-state index in [2.05, 4.69) is 5.32 Å². The Morgan fingerprint density at radius 3 is 2.80 bits per heavy atom. The minimum Gasteiger partial charge on any atom is -0.497 e. The van der Waals surface area contributed by atoms with Crippen LogP contribution in [0.5, 0.6) is 5.75 Å². The number of fused-ring (bicyclic) bond motifs is 1. The van der Waals surface area contributed by atoms with Crippen molar-refractivity contribution >= 4 is 34.8 Å². The van der Waals surface area contributed by atoms with Crippen molar-refractivity contribution < 1.29 is 14.3 Å². The van der Waals surface area contributed by atoms with Crippen LogP contribution in [0.3, 0.4) is 0 Å². The van der Waals surface area contributed by atoms with Crippen molar-refractivity contribution in [2.24, 2.45) is 0 Å². The maximum Gasteiger partial charge on any atom is 0.259 e. The van der Waals surface area contributed by atoms with Crippen LogP contribution in [0.25, 0.3) is 6.08 Å². The highest BCUT2D eigenvalue weighted by Gasteiger charge is 2.28. The van der Waals surface area contributed by atoms with Crippen molar-refractivity contribution in [1.29, 1.82) is 0 Å². The van der Waals surface area contributed by atoms with Gasteiger partial charge in [0.25, 0.3) is 5.91 Å². The third-order valence-corrected chi connectivity index (χ3v) is 3.86. The van der Waals surface area contributed by atoms with E-state index in [-0.39, 0.29) is 17.3 Å².